The molecule has 2 saturated heterocycles. The molecule has 2 aliphatic rings. The van der Waals surface area contributed by atoms with Crippen molar-refractivity contribution < 1.29 is 24.3 Å². The van der Waals surface area contributed by atoms with Gasteiger partial charge in [-0.2, -0.15) is 0 Å². The number of imide groups is 1. The van der Waals surface area contributed by atoms with E-state index in [2.05, 4.69) is 6.92 Å². The van der Waals surface area contributed by atoms with Gasteiger partial charge in [0.25, 0.3) is 5.91 Å². The maximum Gasteiger partial charge on any atom is 0.266 e. The molecule has 174 valence electrons. The highest BCUT2D eigenvalue weighted by molar-refractivity contribution is 6.24. The summed E-state index contributed by atoms with van der Waals surface area (Å²) in [4.78, 5) is 34.3. The molecule has 0 aromatic heterocycles. The molecule has 7 heteroatoms. The van der Waals surface area contributed by atoms with E-state index in [4.69, 9.17) is 9.57 Å². The molecule has 1 N–H and O–H groups in total. The summed E-state index contributed by atoms with van der Waals surface area (Å²) in [6.45, 7) is 2.71. The molecule has 5 rings (SSSR count). The third-order valence-electron chi connectivity index (χ3n) is 6.24. The normalized spacial score (nSPS) is 21.7. The van der Waals surface area contributed by atoms with E-state index in [0.29, 0.717) is 29.3 Å². The summed E-state index contributed by atoms with van der Waals surface area (Å²) in [5.41, 5.74) is 1.70. The third kappa shape index (κ3) is 3.78. The van der Waals surface area contributed by atoms with Crippen molar-refractivity contribution in [2.75, 3.05) is 16.6 Å². The van der Waals surface area contributed by atoms with Crippen LogP contribution in [-0.2, 0) is 14.4 Å². The monoisotopic (exact) mass is 458 g/mol. The largest absolute Gasteiger partial charge is 0.508 e. The van der Waals surface area contributed by atoms with Crippen molar-refractivity contribution in [3.8, 4) is 11.5 Å². The predicted octanol–water partition coefficient (Wildman–Crippen LogP) is 4.62. The Morgan fingerprint density at radius 3 is 2.29 bits per heavy atom. The molecule has 2 fully saturated rings. The Morgan fingerprint density at radius 1 is 0.882 bits per heavy atom. The first-order valence-corrected chi connectivity index (χ1v) is 11.5. The molecule has 2 amide bonds. The van der Waals surface area contributed by atoms with Crippen LogP contribution in [0.15, 0.2) is 78.9 Å². The van der Waals surface area contributed by atoms with Crippen LogP contribution in [0.4, 0.5) is 11.4 Å². The van der Waals surface area contributed by atoms with Crippen LogP contribution in [0, 0.1) is 5.92 Å². The van der Waals surface area contributed by atoms with Crippen molar-refractivity contribution in [2.24, 2.45) is 5.92 Å². The standard InChI is InChI=1S/C27H26N2O5/c1-2-3-17-33-20-15-13-18(14-16-20)28-26(31)23-24(21-11-7-8-12-22(21)30)29(34-25(23)27(28)32)19-9-5-4-6-10-19/h4-16,23-25,30H,2-3,17H2,1H3/t23-,24-,25+/m0/s1. The predicted molar refractivity (Wildman–Crippen MR) is 127 cm³/mol. The van der Waals surface area contributed by atoms with E-state index in [1.54, 1.807) is 53.6 Å². The number of nitrogens with zero attached hydrogens (tertiary/aromatic N) is 2. The number of rotatable bonds is 7. The van der Waals surface area contributed by atoms with Gasteiger partial charge < -0.3 is 9.84 Å². The summed E-state index contributed by atoms with van der Waals surface area (Å²) < 4.78 is 5.70. The molecule has 2 heterocycles. The summed E-state index contributed by atoms with van der Waals surface area (Å²) in [5, 5.41) is 12.2. The Bertz CT molecular complexity index is 1180. The van der Waals surface area contributed by atoms with Crippen LogP contribution in [0.25, 0.3) is 0 Å². The Labute approximate surface area is 198 Å². The molecule has 34 heavy (non-hydrogen) atoms. The van der Waals surface area contributed by atoms with E-state index >= 15 is 0 Å². The lowest BCUT2D eigenvalue weighted by Crippen LogP contribution is -2.37. The highest BCUT2D eigenvalue weighted by Crippen LogP contribution is 2.49. The first kappa shape index (κ1) is 22.0. The number of unbranched alkanes of at least 4 members (excludes halogenated alkanes) is 1. The summed E-state index contributed by atoms with van der Waals surface area (Å²) in [6, 6.07) is 22.4. The molecule has 3 aromatic carbocycles. The number of hydroxylamine groups is 1. The number of phenols is 1. The summed E-state index contributed by atoms with van der Waals surface area (Å²) in [6.07, 6.45) is 1.00. The number of para-hydroxylation sites is 2. The van der Waals surface area contributed by atoms with Crippen molar-refractivity contribution in [1.29, 1.82) is 0 Å². The SMILES string of the molecule is CCCCOc1ccc(N2C(=O)[C@@H]3[C@@H](ON(c4ccccc4)[C@H]3c3ccccc3O)C2=O)cc1. The van der Waals surface area contributed by atoms with Gasteiger partial charge in [0.15, 0.2) is 6.10 Å². The van der Waals surface area contributed by atoms with Gasteiger partial charge in [-0.25, -0.2) is 9.96 Å². The highest BCUT2D eigenvalue weighted by Gasteiger charge is 2.60. The molecule has 3 atom stereocenters. The molecule has 2 aliphatic heterocycles. The summed E-state index contributed by atoms with van der Waals surface area (Å²) >= 11 is 0. The highest BCUT2D eigenvalue weighted by atomic mass is 16.7. The lowest BCUT2D eigenvalue weighted by Gasteiger charge is -2.29. The minimum atomic E-state index is -0.988. The fourth-order valence-electron chi connectivity index (χ4n) is 4.55. The van der Waals surface area contributed by atoms with Gasteiger partial charge >= 0.3 is 0 Å². The number of ether oxygens (including phenoxy) is 1. The van der Waals surface area contributed by atoms with Gasteiger partial charge in [-0.1, -0.05) is 49.7 Å². The number of aromatic hydroxyl groups is 1. The molecular formula is C27H26N2O5. The smallest absolute Gasteiger partial charge is 0.266 e. The van der Waals surface area contributed by atoms with Gasteiger partial charge in [0, 0.05) is 5.56 Å². The van der Waals surface area contributed by atoms with E-state index in [9.17, 15) is 14.7 Å². The van der Waals surface area contributed by atoms with Crippen molar-refractivity contribution in [1.82, 2.24) is 0 Å². The number of fused-ring (bicyclic) bond motifs is 1. The van der Waals surface area contributed by atoms with Crippen molar-refractivity contribution in [2.45, 2.75) is 31.9 Å². The van der Waals surface area contributed by atoms with Crippen molar-refractivity contribution >= 4 is 23.2 Å². The third-order valence-corrected chi connectivity index (χ3v) is 6.24. The average molecular weight is 459 g/mol. The Hall–Kier alpha value is -3.84. The lowest BCUT2D eigenvalue weighted by atomic mass is 9.90. The Kier molecular flexibility index (Phi) is 5.94. The van der Waals surface area contributed by atoms with Gasteiger partial charge in [-0.3, -0.25) is 14.4 Å². The van der Waals surface area contributed by atoms with Crippen molar-refractivity contribution in [3.05, 3.63) is 84.4 Å². The number of amides is 2. The van der Waals surface area contributed by atoms with Crippen LogP contribution in [0.5, 0.6) is 11.5 Å². The van der Waals surface area contributed by atoms with Gasteiger partial charge in [0.05, 0.1) is 24.0 Å². The zero-order valence-electron chi connectivity index (χ0n) is 18.8. The molecule has 7 nitrogen and oxygen atoms in total. The van der Waals surface area contributed by atoms with Crippen molar-refractivity contribution in [3.63, 3.8) is 0 Å². The number of hydrogen-bond acceptors (Lipinski definition) is 6. The number of carbonyl (C=O) groups excluding carboxylic acids is 2. The fourth-order valence-corrected chi connectivity index (χ4v) is 4.55. The second kappa shape index (κ2) is 9.19. The van der Waals surface area contributed by atoms with E-state index < -0.39 is 24.0 Å². The first-order valence-electron chi connectivity index (χ1n) is 11.5. The number of hydrogen-bond donors (Lipinski definition) is 1. The van der Waals surface area contributed by atoms with Gasteiger partial charge in [-0.05, 0) is 48.9 Å². The van der Waals surface area contributed by atoms with Crippen LogP contribution in [0.3, 0.4) is 0 Å². The molecule has 3 aromatic rings. The van der Waals surface area contributed by atoms with E-state index in [-0.39, 0.29) is 11.7 Å². The fraction of sp³-hybridized carbons (Fsp3) is 0.259. The maximum atomic E-state index is 13.7. The molecular weight excluding hydrogens is 432 g/mol. The van der Waals surface area contributed by atoms with Crippen LogP contribution >= 0.6 is 0 Å². The zero-order valence-corrected chi connectivity index (χ0v) is 18.8. The zero-order chi connectivity index (χ0) is 23.7. The quantitative estimate of drug-likeness (QED) is 0.411. The Morgan fingerprint density at radius 2 is 1.59 bits per heavy atom. The minimum Gasteiger partial charge on any atom is -0.508 e. The lowest BCUT2D eigenvalue weighted by molar-refractivity contribution is -0.126. The molecule has 0 aliphatic carbocycles. The number of phenolic OH excluding ortho intramolecular Hbond substituents is 1. The number of carbonyl (C=O) groups is 2. The maximum absolute atomic E-state index is 13.7. The average Bonchev–Trinajstić information content (AvgIpc) is 3.36. The molecule has 0 saturated carbocycles. The molecule has 0 radical (unpaired) electrons. The topological polar surface area (TPSA) is 79.3 Å². The molecule has 0 spiro atoms. The second-order valence-corrected chi connectivity index (χ2v) is 8.42. The van der Waals surface area contributed by atoms with Gasteiger partial charge in [0.2, 0.25) is 5.91 Å². The second-order valence-electron chi connectivity index (χ2n) is 8.42. The van der Waals surface area contributed by atoms with Gasteiger partial charge in [-0.15, -0.1) is 0 Å². The van der Waals surface area contributed by atoms with Crippen LogP contribution in [0.1, 0.15) is 31.4 Å². The molecule has 0 bridgehead atoms. The van der Waals surface area contributed by atoms with E-state index in [1.807, 2.05) is 30.3 Å². The van der Waals surface area contributed by atoms with Crippen LogP contribution in [0.2, 0.25) is 0 Å². The summed E-state index contributed by atoms with van der Waals surface area (Å²) in [5.74, 6) is -0.851. The van der Waals surface area contributed by atoms with E-state index in [1.165, 1.54) is 4.90 Å². The summed E-state index contributed by atoms with van der Waals surface area (Å²) in [7, 11) is 0. The number of anilines is 2. The molecule has 0 unspecified atom stereocenters. The van der Waals surface area contributed by atoms with Crippen LogP contribution < -0.4 is 14.7 Å². The number of benzene rings is 3. The van der Waals surface area contributed by atoms with E-state index in [0.717, 1.165) is 12.8 Å². The van der Waals surface area contributed by atoms with Gasteiger partial charge in [0.1, 0.15) is 17.4 Å². The van der Waals surface area contributed by atoms with Crippen LogP contribution in [-0.4, -0.2) is 29.6 Å². The minimum absolute atomic E-state index is 0.0463. The Balaban J connectivity index is 1.47. The first-order chi connectivity index (χ1) is 16.6.